The van der Waals surface area contributed by atoms with Gasteiger partial charge in [0.2, 0.25) is 0 Å². The molecule has 10 rings (SSSR count). The number of hydrogen-bond acceptors (Lipinski definition) is 2. The molecule has 314 valence electrons. The lowest BCUT2D eigenvalue weighted by atomic mass is 9.92. The molecule has 8 aromatic carbocycles. The van der Waals surface area contributed by atoms with Crippen LogP contribution in [0, 0.1) is 48.0 Å². The van der Waals surface area contributed by atoms with Crippen LogP contribution in [-0.4, -0.2) is 11.6 Å². The first kappa shape index (κ1) is 44.5. The van der Waals surface area contributed by atoms with Crippen LogP contribution in [0.25, 0.3) is 50.6 Å². The Hall–Kier alpha value is -7.55. The van der Waals surface area contributed by atoms with E-state index >= 15 is 0 Å². The molecule has 8 aromatic rings. The van der Waals surface area contributed by atoms with Gasteiger partial charge in [0.25, 0.3) is 5.78 Å². The second-order valence-corrected chi connectivity index (χ2v) is 16.6. The van der Waals surface area contributed by atoms with Gasteiger partial charge in [0.05, 0.1) is 6.08 Å². The Labute approximate surface area is 380 Å². The van der Waals surface area contributed by atoms with Gasteiger partial charge in [-0.05, 0) is 115 Å². The molecule has 0 saturated carbocycles. The van der Waals surface area contributed by atoms with Gasteiger partial charge in [0, 0.05) is 30.0 Å². The molecule has 0 atom stereocenters. The third-order valence-corrected chi connectivity index (χ3v) is 11.6. The van der Waals surface area contributed by atoms with Crippen LogP contribution in [0.2, 0.25) is 0 Å². The van der Waals surface area contributed by atoms with Crippen molar-refractivity contribution in [2.75, 3.05) is 0 Å². The smallest absolute Gasteiger partial charge is 0.267 e. The fourth-order valence-electron chi connectivity index (χ4n) is 7.67. The summed E-state index contributed by atoms with van der Waals surface area (Å²) in [4.78, 5) is 22.7. The Morgan fingerprint density at radius 3 is 1.03 bits per heavy atom. The van der Waals surface area contributed by atoms with Crippen LogP contribution in [0.5, 0.6) is 0 Å². The van der Waals surface area contributed by atoms with Gasteiger partial charge in [-0.2, -0.15) is 0 Å². The second-order valence-electron chi connectivity index (χ2n) is 16.6. The van der Waals surface area contributed by atoms with Crippen molar-refractivity contribution in [1.29, 1.82) is 0 Å². The van der Waals surface area contributed by atoms with Crippen molar-refractivity contribution >= 4 is 17.6 Å². The minimum absolute atomic E-state index is 0.108. The highest BCUT2D eigenvalue weighted by molar-refractivity contribution is 6.07. The molecule has 0 radical (unpaired) electrons. The lowest BCUT2D eigenvalue weighted by Gasteiger charge is -2.10. The van der Waals surface area contributed by atoms with E-state index in [4.69, 9.17) is 0 Å². The number of allylic oxidation sites excluding steroid dienone is 3. The van der Waals surface area contributed by atoms with Crippen molar-refractivity contribution in [2.45, 2.75) is 48.0 Å². The zero-order valence-electron chi connectivity index (χ0n) is 37.7. The topological polar surface area (TPSA) is 34.1 Å². The highest BCUT2D eigenvalue weighted by Gasteiger charge is 2.21. The van der Waals surface area contributed by atoms with E-state index in [1.165, 1.54) is 72.3 Å². The molecule has 2 heteroatoms. The summed E-state index contributed by atoms with van der Waals surface area (Å²) in [6.07, 6.45) is 9.89. The molecular formula is C62H55O2+. The molecule has 0 aliphatic heterocycles. The molecule has 0 fully saturated rings. The zero-order chi connectivity index (χ0) is 45.0. The predicted octanol–water partition coefficient (Wildman–Crippen LogP) is 16.2. The van der Waals surface area contributed by atoms with E-state index in [0.717, 1.165) is 27.8 Å². The monoisotopic (exact) mass is 831 g/mol. The van der Waals surface area contributed by atoms with Crippen molar-refractivity contribution in [3.63, 3.8) is 0 Å². The van der Waals surface area contributed by atoms with Crippen LogP contribution in [0.3, 0.4) is 0 Å². The fourth-order valence-corrected chi connectivity index (χ4v) is 7.67. The van der Waals surface area contributed by atoms with Crippen molar-refractivity contribution < 1.29 is 9.59 Å². The van der Waals surface area contributed by atoms with E-state index in [2.05, 4.69) is 173 Å². The molecular weight excluding hydrogens is 777 g/mol. The maximum Gasteiger partial charge on any atom is 0.267 e. The number of fused-ring (bicyclic) bond motifs is 2. The van der Waals surface area contributed by atoms with Crippen LogP contribution in [0.4, 0.5) is 0 Å². The van der Waals surface area contributed by atoms with Crippen molar-refractivity contribution in [1.82, 2.24) is 0 Å². The van der Waals surface area contributed by atoms with Crippen molar-refractivity contribution in [3.05, 3.63) is 262 Å². The quantitative estimate of drug-likeness (QED) is 0.166. The third-order valence-electron chi connectivity index (χ3n) is 11.6. The van der Waals surface area contributed by atoms with Gasteiger partial charge in [-0.25, -0.2) is 0 Å². The molecule has 2 aliphatic rings. The second kappa shape index (κ2) is 21.0. The van der Waals surface area contributed by atoms with E-state index in [1.54, 1.807) is 12.2 Å². The average Bonchev–Trinajstić information content (AvgIpc) is 3.32. The number of carbonyl (C=O) groups is 2. The first-order valence-electron chi connectivity index (χ1n) is 22.0. The number of carbonyl (C=O) groups excluding carboxylic acids is 2. The summed E-state index contributed by atoms with van der Waals surface area (Å²) in [7, 11) is 0. The molecule has 0 N–H and O–H groups in total. The largest absolute Gasteiger partial charge is 0.294 e. The van der Waals surface area contributed by atoms with Gasteiger partial charge in [-0.1, -0.05) is 198 Å². The highest BCUT2D eigenvalue weighted by atomic mass is 16.1. The van der Waals surface area contributed by atoms with E-state index < -0.39 is 0 Å². The van der Waals surface area contributed by atoms with Crippen LogP contribution in [-0.2, 0) is 0 Å². The predicted molar refractivity (Wildman–Crippen MR) is 271 cm³/mol. The number of benzene rings is 8. The van der Waals surface area contributed by atoms with E-state index in [9.17, 15) is 9.59 Å². The summed E-state index contributed by atoms with van der Waals surface area (Å²) < 4.78 is 0. The number of hydrogen-bond donors (Lipinski definition) is 0. The van der Waals surface area contributed by atoms with Gasteiger partial charge < -0.3 is 0 Å². The zero-order valence-corrected chi connectivity index (χ0v) is 37.7. The molecule has 0 saturated heterocycles. The summed E-state index contributed by atoms with van der Waals surface area (Å²) in [5.41, 5.74) is 21.5. The lowest BCUT2D eigenvalue weighted by Crippen LogP contribution is -2.05. The highest BCUT2D eigenvalue weighted by Crippen LogP contribution is 2.28. The number of rotatable bonds is 4. The standard InChI is InChI=1S/2C20H18.C11H10O.C11H9O/c2*1-15-3-7-17(8-4-15)19-11-13-20(14-12-19)18-9-5-16(2)6-10-18;2*1-8-4-2-6-10-9(8)5-3-7-11(10)12/h2*3-14H,1-2H3;2-6H,7H2,1H3;2-7H,1H3/q;;;+1. The summed E-state index contributed by atoms with van der Waals surface area (Å²) in [5, 5.41) is 0. The minimum atomic E-state index is 0.108. The SMILES string of the molecule is Cc1ccc(-c2ccc(-c3ccc(C)cc3)cc2)cc1.Cc1ccc(-c2ccc(-c3ccc(C)cc3)cc2)cc1.Cc1cccc2c1C=CCC2=O.Cc1cccc2c1[CH+]C=CC2=O. The normalized spacial score (nSPS) is 11.9. The minimum Gasteiger partial charge on any atom is -0.294 e. The van der Waals surface area contributed by atoms with Crippen LogP contribution in [0.15, 0.2) is 200 Å². The van der Waals surface area contributed by atoms with Crippen LogP contribution in [0.1, 0.15) is 71.6 Å². The molecule has 2 aliphatic carbocycles. The lowest BCUT2D eigenvalue weighted by molar-refractivity contribution is 0.0993. The average molecular weight is 832 g/mol. The van der Waals surface area contributed by atoms with Crippen LogP contribution < -0.4 is 0 Å². The molecule has 0 amide bonds. The first-order chi connectivity index (χ1) is 31.0. The molecule has 0 aromatic heterocycles. The van der Waals surface area contributed by atoms with E-state index in [-0.39, 0.29) is 11.6 Å². The summed E-state index contributed by atoms with van der Waals surface area (Å²) in [5.74, 6) is 0.340. The maximum absolute atomic E-state index is 11.4. The van der Waals surface area contributed by atoms with Crippen LogP contribution >= 0.6 is 0 Å². The fraction of sp³-hybridized carbons (Fsp3) is 0.113. The molecule has 0 heterocycles. The molecule has 2 nitrogen and oxygen atoms in total. The Kier molecular flexibility index (Phi) is 14.6. The first-order valence-corrected chi connectivity index (χ1v) is 22.0. The summed E-state index contributed by atoms with van der Waals surface area (Å²) >= 11 is 0. The Morgan fingerprint density at radius 2 is 0.688 bits per heavy atom. The Bertz CT molecular complexity index is 2630. The number of aryl methyl sites for hydroxylation is 6. The van der Waals surface area contributed by atoms with Crippen molar-refractivity contribution in [3.8, 4) is 44.5 Å². The van der Waals surface area contributed by atoms with Gasteiger partial charge in [-0.15, -0.1) is 0 Å². The summed E-state index contributed by atoms with van der Waals surface area (Å²) in [6.45, 7) is 12.5. The molecule has 64 heavy (non-hydrogen) atoms. The number of ketones is 2. The van der Waals surface area contributed by atoms with E-state index in [0.29, 0.717) is 6.42 Å². The molecule has 0 unspecified atom stereocenters. The number of Topliss-reactive ketones (excluding diaryl/α,β-unsaturated/α-hetero) is 1. The summed E-state index contributed by atoms with van der Waals surface area (Å²) in [6, 6.07) is 63.9. The van der Waals surface area contributed by atoms with E-state index in [1.807, 2.05) is 68.8 Å². The molecule has 0 spiro atoms. The third kappa shape index (κ3) is 11.5. The van der Waals surface area contributed by atoms with Gasteiger partial charge in [0.15, 0.2) is 5.78 Å². The van der Waals surface area contributed by atoms with Gasteiger partial charge >= 0.3 is 0 Å². The Morgan fingerprint density at radius 1 is 0.359 bits per heavy atom. The van der Waals surface area contributed by atoms with Crippen molar-refractivity contribution in [2.24, 2.45) is 0 Å². The Balaban J connectivity index is 0.000000131. The maximum atomic E-state index is 11.4. The molecule has 0 bridgehead atoms. The van der Waals surface area contributed by atoms with Gasteiger partial charge in [0.1, 0.15) is 11.1 Å². The van der Waals surface area contributed by atoms with Gasteiger partial charge in [-0.3, -0.25) is 9.59 Å².